The van der Waals surface area contributed by atoms with Crippen LogP contribution in [0.15, 0.2) is 24.4 Å². The number of H-pyrrole nitrogens is 1. The van der Waals surface area contributed by atoms with Gasteiger partial charge in [-0.1, -0.05) is 26.0 Å². The first-order chi connectivity index (χ1) is 7.33. The fraction of sp³-hybridized carbons (Fsp3) is 0.273. The smallest absolute Gasteiger partial charge is 0.340 e. The Hall–Kier alpha value is -1.84. The molecule has 0 unspecified atom stereocenters. The number of fused-ring (bicyclic) bond motifs is 1. The Kier molecular flexibility index (Phi) is 3.85. The van der Waals surface area contributed by atoms with E-state index in [2.05, 4.69) is 14.9 Å². The minimum Gasteiger partial charge on any atom is -0.465 e. The number of aromatic nitrogens is 2. The van der Waals surface area contributed by atoms with Gasteiger partial charge in [0.05, 0.1) is 24.4 Å². The lowest BCUT2D eigenvalue weighted by Gasteiger charge is -1.98. The lowest BCUT2D eigenvalue weighted by atomic mass is 10.1. The third kappa shape index (κ3) is 2.15. The molecule has 0 aliphatic rings. The monoisotopic (exact) mass is 206 g/mol. The van der Waals surface area contributed by atoms with E-state index in [4.69, 9.17) is 0 Å². The minimum atomic E-state index is -0.352. The number of hydrogen-bond acceptors (Lipinski definition) is 3. The average Bonchev–Trinajstić information content (AvgIpc) is 2.78. The summed E-state index contributed by atoms with van der Waals surface area (Å²) in [5, 5.41) is 7.50. The molecule has 0 fully saturated rings. The van der Waals surface area contributed by atoms with Gasteiger partial charge in [0.25, 0.3) is 0 Å². The number of hydrogen-bond donors (Lipinski definition) is 1. The van der Waals surface area contributed by atoms with E-state index in [1.807, 2.05) is 19.9 Å². The highest BCUT2D eigenvalue weighted by Gasteiger charge is 2.10. The van der Waals surface area contributed by atoms with Gasteiger partial charge in [0.15, 0.2) is 0 Å². The van der Waals surface area contributed by atoms with Crippen molar-refractivity contribution in [3.8, 4) is 0 Å². The molecule has 1 N–H and O–H groups in total. The predicted octanol–water partition coefficient (Wildman–Crippen LogP) is 2.38. The zero-order valence-corrected chi connectivity index (χ0v) is 9.07. The normalized spacial score (nSPS) is 9.27. The summed E-state index contributed by atoms with van der Waals surface area (Å²) in [5.41, 5.74) is 1.23. The Morgan fingerprint density at radius 2 is 2.13 bits per heavy atom. The van der Waals surface area contributed by atoms with Crippen molar-refractivity contribution >= 4 is 16.9 Å². The molecule has 1 aromatic carbocycles. The molecule has 2 rings (SSSR count). The van der Waals surface area contributed by atoms with Crippen LogP contribution >= 0.6 is 0 Å². The highest BCUT2D eigenvalue weighted by atomic mass is 16.5. The third-order valence-electron chi connectivity index (χ3n) is 1.88. The minimum absolute atomic E-state index is 0.352. The summed E-state index contributed by atoms with van der Waals surface area (Å²) in [7, 11) is 1.36. The molecule has 1 aromatic heterocycles. The van der Waals surface area contributed by atoms with Crippen LogP contribution in [-0.2, 0) is 4.74 Å². The van der Waals surface area contributed by atoms with Gasteiger partial charge in [-0.2, -0.15) is 5.10 Å². The van der Waals surface area contributed by atoms with Gasteiger partial charge in [-0.3, -0.25) is 5.10 Å². The van der Waals surface area contributed by atoms with Crippen LogP contribution in [-0.4, -0.2) is 23.3 Å². The Labute approximate surface area is 88.3 Å². The molecule has 0 bridgehead atoms. The van der Waals surface area contributed by atoms with E-state index in [1.165, 1.54) is 7.11 Å². The quantitative estimate of drug-likeness (QED) is 0.729. The van der Waals surface area contributed by atoms with E-state index in [1.54, 1.807) is 18.3 Å². The van der Waals surface area contributed by atoms with E-state index in [-0.39, 0.29) is 5.97 Å². The summed E-state index contributed by atoms with van der Waals surface area (Å²) < 4.78 is 4.63. The van der Waals surface area contributed by atoms with Crippen LogP contribution in [0.2, 0.25) is 0 Å². The molecule has 4 heteroatoms. The molecule has 0 aliphatic carbocycles. The highest BCUT2D eigenvalue weighted by Crippen LogP contribution is 2.15. The second-order valence-electron chi connectivity index (χ2n) is 2.63. The van der Waals surface area contributed by atoms with Gasteiger partial charge in [-0.25, -0.2) is 4.79 Å². The summed E-state index contributed by atoms with van der Waals surface area (Å²) in [6.07, 6.45) is 1.67. The van der Waals surface area contributed by atoms with Crippen LogP contribution in [0.4, 0.5) is 0 Å². The molecule has 0 atom stereocenters. The molecule has 0 amide bonds. The lowest BCUT2D eigenvalue weighted by molar-refractivity contribution is 0.0603. The van der Waals surface area contributed by atoms with Crippen molar-refractivity contribution in [1.82, 2.24) is 10.2 Å². The number of methoxy groups -OCH3 is 1. The summed E-state index contributed by atoms with van der Waals surface area (Å²) in [5.74, 6) is -0.352. The second kappa shape index (κ2) is 5.14. The number of benzene rings is 1. The van der Waals surface area contributed by atoms with Gasteiger partial charge in [-0.15, -0.1) is 0 Å². The summed E-state index contributed by atoms with van der Waals surface area (Å²) in [4.78, 5) is 11.3. The molecular formula is C11H14N2O2. The van der Waals surface area contributed by atoms with Gasteiger partial charge < -0.3 is 4.74 Å². The van der Waals surface area contributed by atoms with Crippen LogP contribution in [0, 0.1) is 0 Å². The molecule has 4 nitrogen and oxygen atoms in total. The Bertz CT molecular complexity index is 449. The van der Waals surface area contributed by atoms with Crippen molar-refractivity contribution in [2.45, 2.75) is 13.8 Å². The van der Waals surface area contributed by atoms with Crippen molar-refractivity contribution < 1.29 is 9.53 Å². The van der Waals surface area contributed by atoms with E-state index < -0.39 is 0 Å². The lowest BCUT2D eigenvalue weighted by Crippen LogP contribution is -2.01. The van der Waals surface area contributed by atoms with E-state index >= 15 is 0 Å². The van der Waals surface area contributed by atoms with Crippen molar-refractivity contribution in [2.24, 2.45) is 0 Å². The maximum atomic E-state index is 11.3. The predicted molar refractivity (Wildman–Crippen MR) is 58.8 cm³/mol. The average molecular weight is 206 g/mol. The fourth-order valence-electron chi connectivity index (χ4n) is 1.25. The van der Waals surface area contributed by atoms with Gasteiger partial charge in [0, 0.05) is 5.39 Å². The number of para-hydroxylation sites is 1. The van der Waals surface area contributed by atoms with Crippen LogP contribution in [0.3, 0.4) is 0 Å². The first-order valence-electron chi connectivity index (χ1n) is 4.83. The number of esters is 1. The van der Waals surface area contributed by atoms with Crippen LogP contribution in [0.5, 0.6) is 0 Å². The Balaban J connectivity index is 0.000000531. The van der Waals surface area contributed by atoms with Gasteiger partial charge in [0.2, 0.25) is 0 Å². The molecule has 0 radical (unpaired) electrons. The molecule has 80 valence electrons. The number of nitrogens with zero attached hydrogens (tertiary/aromatic N) is 1. The number of rotatable bonds is 1. The molecule has 2 aromatic rings. The van der Waals surface area contributed by atoms with Gasteiger partial charge >= 0.3 is 5.97 Å². The number of carbonyl (C=O) groups excluding carboxylic acids is 1. The topological polar surface area (TPSA) is 55.0 Å². The van der Waals surface area contributed by atoms with Crippen molar-refractivity contribution in [3.63, 3.8) is 0 Å². The summed E-state index contributed by atoms with van der Waals surface area (Å²) >= 11 is 0. The summed E-state index contributed by atoms with van der Waals surface area (Å²) in [6.45, 7) is 4.00. The van der Waals surface area contributed by atoms with E-state index in [0.717, 1.165) is 5.39 Å². The Morgan fingerprint density at radius 3 is 2.80 bits per heavy atom. The van der Waals surface area contributed by atoms with Crippen LogP contribution < -0.4 is 0 Å². The fourth-order valence-corrected chi connectivity index (χ4v) is 1.25. The number of nitrogens with one attached hydrogen (secondary N) is 1. The standard InChI is InChI=1S/C9H8N2O2.C2H6/c1-13-9(12)7-4-2-3-6-5-10-11-8(6)7;1-2/h2-5H,1H3,(H,10,11);1-2H3. The maximum absolute atomic E-state index is 11.3. The Morgan fingerprint density at radius 1 is 1.40 bits per heavy atom. The molecule has 0 aliphatic heterocycles. The third-order valence-corrected chi connectivity index (χ3v) is 1.88. The first kappa shape index (κ1) is 11.2. The van der Waals surface area contributed by atoms with Crippen molar-refractivity contribution in [1.29, 1.82) is 0 Å². The van der Waals surface area contributed by atoms with Crippen molar-refractivity contribution in [3.05, 3.63) is 30.0 Å². The molecule has 15 heavy (non-hydrogen) atoms. The first-order valence-corrected chi connectivity index (χ1v) is 4.83. The zero-order chi connectivity index (χ0) is 11.3. The largest absolute Gasteiger partial charge is 0.465 e. The zero-order valence-electron chi connectivity index (χ0n) is 9.07. The molecule has 0 saturated heterocycles. The number of ether oxygens (including phenoxy) is 1. The maximum Gasteiger partial charge on any atom is 0.340 e. The summed E-state index contributed by atoms with van der Waals surface area (Å²) in [6, 6.07) is 5.38. The van der Waals surface area contributed by atoms with Gasteiger partial charge in [0.1, 0.15) is 0 Å². The molecule has 0 spiro atoms. The van der Waals surface area contributed by atoms with Crippen molar-refractivity contribution in [2.75, 3.05) is 7.11 Å². The second-order valence-corrected chi connectivity index (χ2v) is 2.63. The van der Waals surface area contributed by atoms with E-state index in [9.17, 15) is 4.79 Å². The molecule has 1 heterocycles. The number of aromatic amines is 1. The van der Waals surface area contributed by atoms with Gasteiger partial charge in [-0.05, 0) is 6.07 Å². The van der Waals surface area contributed by atoms with E-state index in [0.29, 0.717) is 11.1 Å². The highest BCUT2D eigenvalue weighted by molar-refractivity contribution is 6.02. The SMILES string of the molecule is CC.COC(=O)c1cccc2cn[nH]c12. The van der Waals surface area contributed by atoms with Crippen LogP contribution in [0.25, 0.3) is 10.9 Å². The van der Waals surface area contributed by atoms with Crippen LogP contribution in [0.1, 0.15) is 24.2 Å². The molecule has 0 saturated carbocycles. The number of carbonyl (C=O) groups is 1. The molecular weight excluding hydrogens is 192 g/mol.